The molecule has 0 heterocycles. The zero-order valence-electron chi connectivity index (χ0n) is 9.90. The summed E-state index contributed by atoms with van der Waals surface area (Å²) < 4.78 is 5.45. The zero-order valence-corrected chi connectivity index (χ0v) is 10.7. The Labute approximate surface area is 107 Å². The third-order valence-electron chi connectivity index (χ3n) is 2.96. The van der Waals surface area contributed by atoms with Gasteiger partial charge in [0.25, 0.3) is 0 Å². The third-order valence-corrected chi connectivity index (χ3v) is 3.20. The molecule has 1 aliphatic carbocycles. The van der Waals surface area contributed by atoms with E-state index in [4.69, 9.17) is 16.3 Å². The summed E-state index contributed by atoms with van der Waals surface area (Å²) in [6, 6.07) is 7.77. The van der Waals surface area contributed by atoms with Crippen LogP contribution in [0.25, 0.3) is 0 Å². The van der Waals surface area contributed by atoms with E-state index in [2.05, 4.69) is 12.2 Å². The van der Waals surface area contributed by atoms with Crippen LogP contribution in [0.5, 0.6) is 5.75 Å². The molecule has 0 saturated heterocycles. The molecular formula is C13H18ClNO2. The molecule has 0 aliphatic heterocycles. The van der Waals surface area contributed by atoms with Gasteiger partial charge in [0.15, 0.2) is 0 Å². The molecule has 2 N–H and O–H groups in total. The number of ether oxygens (including phenoxy) is 1. The third kappa shape index (κ3) is 4.19. The molecule has 3 nitrogen and oxygen atoms in total. The van der Waals surface area contributed by atoms with Crippen molar-refractivity contribution < 1.29 is 9.84 Å². The van der Waals surface area contributed by atoms with Crippen LogP contribution in [-0.4, -0.2) is 30.4 Å². The Balaban J connectivity index is 1.66. The van der Waals surface area contributed by atoms with Gasteiger partial charge in [-0.25, -0.2) is 0 Å². The first kappa shape index (κ1) is 12.7. The fraction of sp³-hybridized carbons (Fsp3) is 0.538. The molecule has 17 heavy (non-hydrogen) atoms. The van der Waals surface area contributed by atoms with E-state index in [-0.39, 0.29) is 6.61 Å². The van der Waals surface area contributed by atoms with Crippen LogP contribution in [0.2, 0.25) is 5.02 Å². The first-order chi connectivity index (χ1) is 8.15. The van der Waals surface area contributed by atoms with Crippen molar-refractivity contribution in [2.45, 2.75) is 25.5 Å². The van der Waals surface area contributed by atoms with Crippen LogP contribution in [0.15, 0.2) is 24.3 Å². The highest BCUT2D eigenvalue weighted by Gasteiger charge is 2.32. The number of aliphatic hydroxyl groups is 1. The summed E-state index contributed by atoms with van der Waals surface area (Å²) in [5.41, 5.74) is 0. The van der Waals surface area contributed by atoms with Gasteiger partial charge in [0.05, 0.1) is 0 Å². The average Bonchev–Trinajstić information content (AvgIpc) is 3.00. The van der Waals surface area contributed by atoms with Gasteiger partial charge in [-0.05, 0) is 30.5 Å². The minimum absolute atomic E-state index is 0.286. The van der Waals surface area contributed by atoms with E-state index in [1.165, 1.54) is 6.42 Å². The zero-order chi connectivity index (χ0) is 12.3. The van der Waals surface area contributed by atoms with Crippen LogP contribution in [-0.2, 0) is 0 Å². The summed E-state index contributed by atoms with van der Waals surface area (Å²) >= 11 is 5.83. The Bertz CT molecular complexity index is 372. The minimum atomic E-state index is -0.484. The van der Waals surface area contributed by atoms with Gasteiger partial charge in [-0.15, -0.1) is 0 Å². The summed E-state index contributed by atoms with van der Waals surface area (Å²) in [5.74, 6) is 1.44. The lowest BCUT2D eigenvalue weighted by atomic mass is 10.3. The van der Waals surface area contributed by atoms with Gasteiger partial charge in [0, 0.05) is 17.6 Å². The molecule has 0 spiro atoms. The van der Waals surface area contributed by atoms with Gasteiger partial charge in [-0.2, -0.15) is 0 Å². The van der Waals surface area contributed by atoms with E-state index < -0.39 is 6.10 Å². The summed E-state index contributed by atoms with van der Waals surface area (Å²) in [4.78, 5) is 0. The molecule has 3 atom stereocenters. The molecule has 1 fully saturated rings. The fourth-order valence-electron chi connectivity index (χ4n) is 1.70. The molecule has 0 amide bonds. The van der Waals surface area contributed by atoms with Crippen LogP contribution < -0.4 is 10.1 Å². The highest BCUT2D eigenvalue weighted by Crippen LogP contribution is 2.28. The van der Waals surface area contributed by atoms with Gasteiger partial charge in [0.1, 0.15) is 18.5 Å². The van der Waals surface area contributed by atoms with Crippen LogP contribution in [0.1, 0.15) is 13.3 Å². The fourth-order valence-corrected chi connectivity index (χ4v) is 1.88. The van der Waals surface area contributed by atoms with Crippen molar-refractivity contribution in [1.29, 1.82) is 0 Å². The molecule has 2 rings (SSSR count). The number of hydrogen-bond donors (Lipinski definition) is 2. The van der Waals surface area contributed by atoms with Gasteiger partial charge in [-0.1, -0.05) is 24.6 Å². The number of halogens is 1. The van der Waals surface area contributed by atoms with Crippen LogP contribution in [0, 0.1) is 5.92 Å². The maximum absolute atomic E-state index is 9.72. The molecule has 0 aromatic heterocycles. The minimum Gasteiger partial charge on any atom is -0.491 e. The molecule has 1 aromatic carbocycles. The lowest BCUT2D eigenvalue weighted by Gasteiger charge is -2.13. The topological polar surface area (TPSA) is 41.5 Å². The molecule has 3 unspecified atom stereocenters. The average molecular weight is 256 g/mol. The van der Waals surface area contributed by atoms with Crippen molar-refractivity contribution in [3.05, 3.63) is 29.3 Å². The lowest BCUT2D eigenvalue weighted by molar-refractivity contribution is 0.106. The van der Waals surface area contributed by atoms with Crippen molar-refractivity contribution in [2.75, 3.05) is 13.2 Å². The Kier molecular flexibility index (Phi) is 4.26. The molecule has 0 bridgehead atoms. The first-order valence-electron chi connectivity index (χ1n) is 5.95. The molecule has 4 heteroatoms. The van der Waals surface area contributed by atoms with Crippen molar-refractivity contribution in [3.8, 4) is 5.75 Å². The second kappa shape index (κ2) is 5.71. The van der Waals surface area contributed by atoms with Crippen LogP contribution in [0.4, 0.5) is 0 Å². The van der Waals surface area contributed by atoms with Crippen LogP contribution >= 0.6 is 11.6 Å². The van der Waals surface area contributed by atoms with Crippen molar-refractivity contribution in [3.63, 3.8) is 0 Å². The predicted molar refractivity (Wildman–Crippen MR) is 68.5 cm³/mol. The highest BCUT2D eigenvalue weighted by atomic mass is 35.5. The summed E-state index contributed by atoms with van der Waals surface area (Å²) in [5, 5.41) is 13.7. The van der Waals surface area contributed by atoms with E-state index in [9.17, 15) is 5.11 Å². The van der Waals surface area contributed by atoms with E-state index in [1.807, 2.05) is 12.1 Å². The number of rotatable bonds is 6. The van der Waals surface area contributed by atoms with Gasteiger partial charge in [-0.3, -0.25) is 0 Å². The molecule has 1 aliphatic rings. The Hall–Kier alpha value is -0.770. The number of nitrogens with one attached hydrogen (secondary N) is 1. The molecule has 94 valence electrons. The molecular weight excluding hydrogens is 238 g/mol. The number of aliphatic hydroxyl groups excluding tert-OH is 1. The normalized spacial score (nSPS) is 24.4. The Morgan fingerprint density at radius 1 is 1.59 bits per heavy atom. The summed E-state index contributed by atoms with van der Waals surface area (Å²) in [7, 11) is 0. The highest BCUT2D eigenvalue weighted by molar-refractivity contribution is 6.30. The maximum Gasteiger partial charge on any atom is 0.120 e. The molecule has 1 aromatic rings. The lowest BCUT2D eigenvalue weighted by Crippen LogP contribution is -2.33. The predicted octanol–water partition coefficient (Wildman–Crippen LogP) is 2.08. The second-order valence-electron chi connectivity index (χ2n) is 4.65. The standard InChI is InChI=1S/C13H18ClNO2/c1-9-5-13(9)15-7-11(16)8-17-12-4-2-3-10(14)6-12/h2-4,6,9,11,13,15-16H,5,7-8H2,1H3. The number of benzene rings is 1. The largest absolute Gasteiger partial charge is 0.491 e. The molecule has 1 saturated carbocycles. The van der Waals surface area contributed by atoms with Crippen molar-refractivity contribution in [2.24, 2.45) is 5.92 Å². The maximum atomic E-state index is 9.72. The number of hydrogen-bond acceptors (Lipinski definition) is 3. The first-order valence-corrected chi connectivity index (χ1v) is 6.33. The summed E-state index contributed by atoms with van der Waals surface area (Å²) in [6.07, 6.45) is 0.726. The van der Waals surface area contributed by atoms with Crippen molar-refractivity contribution in [1.82, 2.24) is 5.32 Å². The van der Waals surface area contributed by atoms with Gasteiger partial charge in [0.2, 0.25) is 0 Å². The second-order valence-corrected chi connectivity index (χ2v) is 5.09. The quantitative estimate of drug-likeness (QED) is 0.818. The van der Waals surface area contributed by atoms with E-state index in [1.54, 1.807) is 12.1 Å². The molecule has 0 radical (unpaired) electrons. The Morgan fingerprint density at radius 3 is 3.00 bits per heavy atom. The summed E-state index contributed by atoms with van der Waals surface area (Å²) in [6.45, 7) is 3.07. The van der Waals surface area contributed by atoms with Crippen molar-refractivity contribution >= 4 is 11.6 Å². The monoisotopic (exact) mass is 255 g/mol. The van der Waals surface area contributed by atoms with E-state index in [0.717, 1.165) is 5.92 Å². The van der Waals surface area contributed by atoms with Gasteiger partial charge < -0.3 is 15.2 Å². The van der Waals surface area contributed by atoms with E-state index in [0.29, 0.717) is 23.4 Å². The SMILES string of the molecule is CC1CC1NCC(O)COc1cccc(Cl)c1. The smallest absolute Gasteiger partial charge is 0.120 e. The van der Waals surface area contributed by atoms with E-state index >= 15 is 0 Å². The van der Waals surface area contributed by atoms with Gasteiger partial charge >= 0.3 is 0 Å². The van der Waals surface area contributed by atoms with Crippen LogP contribution in [0.3, 0.4) is 0 Å². The Morgan fingerprint density at radius 2 is 2.35 bits per heavy atom.